The van der Waals surface area contributed by atoms with Crippen LogP contribution in [0.15, 0.2) is 47.4 Å². The molecule has 1 atom stereocenters. The molecule has 0 bridgehead atoms. The Bertz CT molecular complexity index is 957. The predicted octanol–water partition coefficient (Wildman–Crippen LogP) is 1.22. The van der Waals surface area contributed by atoms with Crippen LogP contribution in [0.1, 0.15) is 12.0 Å². The van der Waals surface area contributed by atoms with E-state index in [4.69, 9.17) is 0 Å². The van der Waals surface area contributed by atoms with Crippen molar-refractivity contribution in [2.75, 3.05) is 31.6 Å². The van der Waals surface area contributed by atoms with Crippen LogP contribution in [-0.4, -0.2) is 56.9 Å². The van der Waals surface area contributed by atoms with Crippen LogP contribution in [-0.2, 0) is 6.54 Å². The summed E-state index contributed by atoms with van der Waals surface area (Å²) in [5, 5.41) is 16.0. The zero-order valence-electron chi connectivity index (χ0n) is 14.6. The Morgan fingerprint density at radius 3 is 2.88 bits per heavy atom. The minimum Gasteiger partial charge on any atom is -0.387 e. The smallest absolute Gasteiger partial charge is 0.275 e. The first-order valence-electron chi connectivity index (χ1n) is 8.57. The summed E-state index contributed by atoms with van der Waals surface area (Å²) < 4.78 is 1.30. The van der Waals surface area contributed by atoms with Gasteiger partial charge in [0.1, 0.15) is 0 Å². The molecule has 1 aromatic carbocycles. The number of hydrogen-bond donors (Lipinski definition) is 1. The van der Waals surface area contributed by atoms with Gasteiger partial charge >= 0.3 is 0 Å². The summed E-state index contributed by atoms with van der Waals surface area (Å²) in [7, 11) is 1.89. The summed E-state index contributed by atoms with van der Waals surface area (Å²) >= 11 is 1.35. The summed E-state index contributed by atoms with van der Waals surface area (Å²) in [5.41, 5.74) is 0.265. The van der Waals surface area contributed by atoms with Crippen molar-refractivity contribution >= 4 is 21.4 Å². The van der Waals surface area contributed by atoms with Crippen molar-refractivity contribution in [3.63, 3.8) is 0 Å². The lowest BCUT2D eigenvalue weighted by Gasteiger charge is -2.28. The van der Waals surface area contributed by atoms with Crippen LogP contribution in [0.5, 0.6) is 0 Å². The molecular weight excluding hydrogens is 350 g/mol. The van der Waals surface area contributed by atoms with Gasteiger partial charge in [-0.1, -0.05) is 41.7 Å². The number of β-amino-alcohol motifs (C(OH)–C–C–N with tert-alkyl or cyclic N) is 1. The number of aromatic nitrogens is 3. The van der Waals surface area contributed by atoms with Crippen LogP contribution in [0.25, 0.3) is 4.96 Å². The largest absolute Gasteiger partial charge is 0.387 e. The molecular formula is C18H21N5O2S. The van der Waals surface area contributed by atoms with Crippen molar-refractivity contribution in [2.45, 2.75) is 18.6 Å². The molecule has 0 spiro atoms. The molecule has 3 heterocycles. The molecule has 1 unspecified atom stereocenters. The van der Waals surface area contributed by atoms with Crippen LogP contribution >= 0.6 is 11.3 Å². The van der Waals surface area contributed by atoms with E-state index in [9.17, 15) is 9.90 Å². The molecule has 7 nitrogen and oxygen atoms in total. The topological polar surface area (TPSA) is 74.0 Å². The predicted molar refractivity (Wildman–Crippen MR) is 102 cm³/mol. The van der Waals surface area contributed by atoms with Crippen LogP contribution in [0, 0.1) is 0 Å². The Morgan fingerprint density at radius 1 is 1.31 bits per heavy atom. The number of anilines is 1. The fraction of sp³-hybridized carbons (Fsp3) is 0.389. The Balaban J connectivity index is 1.44. The van der Waals surface area contributed by atoms with Crippen molar-refractivity contribution in [3.05, 3.63) is 58.5 Å². The molecule has 1 saturated heterocycles. The summed E-state index contributed by atoms with van der Waals surface area (Å²) in [4.78, 5) is 20.7. The van der Waals surface area contributed by atoms with Crippen molar-refractivity contribution in [1.82, 2.24) is 19.5 Å². The number of likely N-dealkylation sites (N-methyl/N-ethyl adjacent to an activating group) is 1. The minimum atomic E-state index is -0.792. The van der Waals surface area contributed by atoms with E-state index in [0.29, 0.717) is 29.6 Å². The number of likely N-dealkylation sites (tertiary alicyclic amines) is 1. The molecule has 0 radical (unpaired) electrons. The van der Waals surface area contributed by atoms with Crippen LogP contribution in [0.4, 0.5) is 5.13 Å². The van der Waals surface area contributed by atoms with Crippen molar-refractivity contribution < 1.29 is 5.11 Å². The molecule has 0 aliphatic carbocycles. The molecule has 1 N–H and O–H groups in total. The van der Waals surface area contributed by atoms with Crippen LogP contribution in [0.3, 0.4) is 0 Å². The number of fused-ring (bicyclic) bond motifs is 1. The summed E-state index contributed by atoms with van der Waals surface area (Å²) in [6, 6.07) is 11.7. The standard InChI is InChI=1S/C18H21N5O2S/c1-21(17-20-23-15(24)7-9-19-16(23)26-17)12-18(25)8-10-22(13-18)11-14-5-3-2-4-6-14/h2-7,9,25H,8,10-13H2,1H3. The molecule has 4 rings (SSSR count). The molecule has 0 amide bonds. The third-order valence-electron chi connectivity index (χ3n) is 4.68. The average Bonchev–Trinajstić information content (AvgIpc) is 3.21. The van der Waals surface area contributed by atoms with E-state index in [1.54, 1.807) is 0 Å². The Hall–Kier alpha value is -2.29. The Kier molecular flexibility index (Phi) is 4.47. The van der Waals surface area contributed by atoms with E-state index in [1.165, 1.54) is 33.7 Å². The zero-order chi connectivity index (χ0) is 18.1. The quantitative estimate of drug-likeness (QED) is 0.727. The number of aliphatic hydroxyl groups is 1. The molecule has 2 aromatic heterocycles. The highest BCUT2D eigenvalue weighted by Crippen LogP contribution is 2.27. The van der Waals surface area contributed by atoms with E-state index in [-0.39, 0.29) is 5.56 Å². The van der Waals surface area contributed by atoms with Gasteiger partial charge < -0.3 is 10.0 Å². The normalized spacial score (nSPS) is 20.7. The van der Waals surface area contributed by atoms with Crippen LogP contribution in [0.2, 0.25) is 0 Å². The van der Waals surface area contributed by atoms with Gasteiger partial charge in [0, 0.05) is 45.5 Å². The van der Waals surface area contributed by atoms with E-state index in [0.717, 1.165) is 13.1 Å². The van der Waals surface area contributed by atoms with Crippen LogP contribution < -0.4 is 10.5 Å². The fourth-order valence-electron chi connectivity index (χ4n) is 3.44. The lowest BCUT2D eigenvalue weighted by Crippen LogP contribution is -2.43. The lowest BCUT2D eigenvalue weighted by molar-refractivity contribution is 0.0562. The minimum absolute atomic E-state index is 0.195. The van der Waals surface area contributed by atoms with E-state index in [2.05, 4.69) is 27.1 Å². The lowest BCUT2D eigenvalue weighted by atomic mass is 10.0. The molecule has 8 heteroatoms. The SMILES string of the molecule is CN(CC1(O)CCN(Cc2ccccc2)C1)c1nn2c(=O)ccnc2s1. The second-order valence-electron chi connectivity index (χ2n) is 6.89. The third-order valence-corrected chi connectivity index (χ3v) is 5.72. The highest BCUT2D eigenvalue weighted by Gasteiger charge is 2.37. The first-order chi connectivity index (χ1) is 12.5. The highest BCUT2D eigenvalue weighted by atomic mass is 32.1. The zero-order valence-corrected chi connectivity index (χ0v) is 15.4. The monoisotopic (exact) mass is 371 g/mol. The number of rotatable bonds is 5. The summed E-state index contributed by atoms with van der Waals surface area (Å²) in [5.74, 6) is 0. The number of hydrogen-bond acceptors (Lipinski definition) is 7. The molecule has 26 heavy (non-hydrogen) atoms. The number of benzene rings is 1. The maximum absolute atomic E-state index is 11.8. The maximum Gasteiger partial charge on any atom is 0.275 e. The Labute approximate surface area is 155 Å². The highest BCUT2D eigenvalue weighted by molar-refractivity contribution is 7.20. The second-order valence-corrected chi connectivity index (χ2v) is 7.82. The van der Waals surface area contributed by atoms with Gasteiger partial charge in [-0.3, -0.25) is 9.69 Å². The number of nitrogens with zero attached hydrogens (tertiary/aromatic N) is 5. The van der Waals surface area contributed by atoms with E-state index < -0.39 is 5.60 Å². The van der Waals surface area contributed by atoms with Gasteiger partial charge in [0.05, 0.1) is 5.60 Å². The molecule has 1 aliphatic heterocycles. The Morgan fingerprint density at radius 2 is 2.12 bits per heavy atom. The summed E-state index contributed by atoms with van der Waals surface area (Å²) in [6.07, 6.45) is 2.21. The van der Waals surface area contributed by atoms with Gasteiger partial charge in [-0.15, -0.1) is 5.10 Å². The van der Waals surface area contributed by atoms with Crippen molar-refractivity contribution in [3.8, 4) is 0 Å². The average molecular weight is 371 g/mol. The first-order valence-corrected chi connectivity index (χ1v) is 9.39. The maximum atomic E-state index is 11.8. The van der Waals surface area contributed by atoms with E-state index >= 15 is 0 Å². The van der Waals surface area contributed by atoms with Gasteiger partial charge in [0.2, 0.25) is 10.1 Å². The fourth-order valence-corrected chi connectivity index (χ4v) is 4.28. The van der Waals surface area contributed by atoms with Gasteiger partial charge in [0.15, 0.2) is 0 Å². The molecule has 3 aromatic rings. The molecule has 1 aliphatic rings. The van der Waals surface area contributed by atoms with Gasteiger partial charge in [-0.05, 0) is 12.0 Å². The van der Waals surface area contributed by atoms with E-state index in [1.807, 2.05) is 30.1 Å². The van der Waals surface area contributed by atoms with Gasteiger partial charge in [-0.2, -0.15) is 4.52 Å². The molecule has 136 valence electrons. The molecule has 0 saturated carbocycles. The van der Waals surface area contributed by atoms with Crippen molar-refractivity contribution in [2.24, 2.45) is 0 Å². The molecule has 1 fully saturated rings. The summed E-state index contributed by atoms with van der Waals surface area (Å²) in [6.45, 7) is 2.79. The second kappa shape index (κ2) is 6.79. The van der Waals surface area contributed by atoms with Gasteiger partial charge in [0.25, 0.3) is 5.56 Å². The first kappa shape index (κ1) is 17.1. The van der Waals surface area contributed by atoms with Gasteiger partial charge in [-0.25, -0.2) is 4.98 Å². The third kappa shape index (κ3) is 3.48. The van der Waals surface area contributed by atoms with Crippen molar-refractivity contribution in [1.29, 1.82) is 0 Å².